The second-order valence-corrected chi connectivity index (χ2v) is 10.2. The minimum absolute atomic E-state index is 0.0321. The third-order valence-corrected chi connectivity index (χ3v) is 6.08. The Morgan fingerprint density at radius 3 is 2.73 bits per heavy atom. The summed E-state index contributed by atoms with van der Waals surface area (Å²) in [7, 11) is -3.38. The first kappa shape index (κ1) is 22.8. The number of amides is 1. The molecule has 0 unspecified atom stereocenters. The van der Waals surface area contributed by atoms with Crippen LogP contribution in [0.5, 0.6) is 5.75 Å². The van der Waals surface area contributed by atoms with Crippen LogP contribution >= 0.6 is 11.0 Å². The number of hydrogen-bond acceptors (Lipinski definition) is 8. The molecule has 6 N–H and O–H groups in total. The maximum atomic E-state index is 13.2. The van der Waals surface area contributed by atoms with Gasteiger partial charge in [-0.1, -0.05) is 17.7 Å². The van der Waals surface area contributed by atoms with Gasteiger partial charge in [-0.25, -0.2) is 0 Å². The second-order valence-electron chi connectivity index (χ2n) is 8.73. The van der Waals surface area contributed by atoms with Crippen LogP contribution in [0.3, 0.4) is 0 Å². The normalized spacial score (nSPS) is 15.8. The molecule has 1 aromatic heterocycles. The third-order valence-electron chi connectivity index (χ3n) is 5.13. The molecule has 9 nitrogen and oxygen atoms in total. The van der Waals surface area contributed by atoms with E-state index >= 15 is 0 Å². The molecule has 0 saturated carbocycles. The van der Waals surface area contributed by atoms with E-state index in [1.54, 1.807) is 24.3 Å². The Kier molecular flexibility index (Phi) is 5.69. The van der Waals surface area contributed by atoms with E-state index < -0.39 is 16.5 Å². The molecule has 3 aromatic rings. The Hall–Kier alpha value is -3.34. The predicted molar refractivity (Wildman–Crippen MR) is 132 cm³/mol. The van der Waals surface area contributed by atoms with Crippen LogP contribution in [0, 0.1) is 13.8 Å². The number of pyridine rings is 1. The number of benzene rings is 2. The van der Waals surface area contributed by atoms with E-state index in [2.05, 4.69) is 19.4 Å². The smallest absolute Gasteiger partial charge is 0.252 e. The van der Waals surface area contributed by atoms with Crippen molar-refractivity contribution < 1.29 is 18.6 Å². The fraction of sp³-hybridized carbons (Fsp3) is 0.261. The van der Waals surface area contributed by atoms with Crippen molar-refractivity contribution >= 4 is 39.3 Å². The molecule has 1 aliphatic heterocycles. The fourth-order valence-corrected chi connectivity index (χ4v) is 4.56. The van der Waals surface area contributed by atoms with Crippen LogP contribution in [0.4, 0.5) is 5.69 Å². The molecule has 0 aliphatic carbocycles. The Morgan fingerprint density at radius 1 is 1.21 bits per heavy atom. The lowest BCUT2D eigenvalue weighted by atomic mass is 10.0. The quantitative estimate of drug-likeness (QED) is 0.378. The number of hydrogen-bond donors (Lipinski definition) is 5. The van der Waals surface area contributed by atoms with Gasteiger partial charge in [0.2, 0.25) is 0 Å². The van der Waals surface area contributed by atoms with Crippen LogP contribution in [0.25, 0.3) is 10.9 Å². The molecule has 33 heavy (non-hydrogen) atoms. The standard InChI is InChI=1S/C23H27N5O4S/c1-13-8-9-17-15(10-13)16(11-14(2)25-17)22(29)26-23(3,4)12-32-19-7-5-6-18-20(19)21(24)28-33(30,31)27-18/h5-11,27,30-31H,12H2,1-4H3,(H2,24,28)(H,26,29). The number of rotatable bonds is 5. The van der Waals surface area contributed by atoms with Crippen LogP contribution in [0.15, 0.2) is 46.9 Å². The van der Waals surface area contributed by atoms with Gasteiger partial charge in [-0.15, -0.1) is 4.40 Å². The van der Waals surface area contributed by atoms with Crippen LogP contribution in [0.1, 0.15) is 41.0 Å². The van der Waals surface area contributed by atoms with Crippen molar-refractivity contribution in [3.05, 3.63) is 64.8 Å². The van der Waals surface area contributed by atoms with Crippen molar-refractivity contribution in [2.24, 2.45) is 10.1 Å². The summed E-state index contributed by atoms with van der Waals surface area (Å²) in [6.45, 7) is 7.68. The fourth-order valence-electron chi connectivity index (χ4n) is 3.68. The number of amidine groups is 1. The first-order chi connectivity index (χ1) is 15.4. The Balaban J connectivity index is 1.54. The number of aromatic nitrogens is 1. The first-order valence-corrected chi connectivity index (χ1v) is 11.8. The molecule has 4 rings (SSSR count). The summed E-state index contributed by atoms with van der Waals surface area (Å²) < 4.78 is 31.9. The SMILES string of the molecule is Cc1ccc2nc(C)cc(C(=O)NC(C)(C)COc3cccc4c3C(N)=NS(O)(O)N4)c2c1. The zero-order chi connectivity index (χ0) is 24.0. The minimum atomic E-state index is -3.38. The number of ether oxygens (including phenoxy) is 1. The molecular weight excluding hydrogens is 442 g/mol. The van der Waals surface area contributed by atoms with Crippen molar-refractivity contribution in [3.8, 4) is 5.75 Å². The molecule has 0 saturated heterocycles. The van der Waals surface area contributed by atoms with Crippen molar-refractivity contribution in [1.82, 2.24) is 10.3 Å². The van der Waals surface area contributed by atoms with E-state index in [4.69, 9.17) is 10.5 Å². The van der Waals surface area contributed by atoms with Crippen LogP contribution < -0.4 is 20.5 Å². The van der Waals surface area contributed by atoms with Gasteiger partial charge < -0.3 is 15.8 Å². The molecule has 1 amide bonds. The monoisotopic (exact) mass is 469 g/mol. The average Bonchev–Trinajstić information content (AvgIpc) is 2.70. The molecule has 0 radical (unpaired) electrons. The first-order valence-electron chi connectivity index (χ1n) is 10.3. The highest BCUT2D eigenvalue weighted by atomic mass is 32.3. The molecule has 2 heterocycles. The summed E-state index contributed by atoms with van der Waals surface area (Å²) in [5.74, 6) is 0.158. The van der Waals surface area contributed by atoms with Crippen molar-refractivity contribution in [2.45, 2.75) is 33.2 Å². The summed E-state index contributed by atoms with van der Waals surface area (Å²) in [5.41, 5.74) is 9.20. The lowest BCUT2D eigenvalue weighted by Crippen LogP contribution is -2.48. The second kappa shape index (κ2) is 8.22. The van der Waals surface area contributed by atoms with Gasteiger partial charge in [0.1, 0.15) is 12.4 Å². The third kappa shape index (κ3) is 4.87. The molecule has 2 aromatic carbocycles. The summed E-state index contributed by atoms with van der Waals surface area (Å²) in [4.78, 5) is 17.7. The lowest BCUT2D eigenvalue weighted by Gasteiger charge is -2.34. The molecule has 174 valence electrons. The number of nitrogens with two attached hydrogens (primary N) is 1. The van der Waals surface area contributed by atoms with E-state index in [0.29, 0.717) is 22.6 Å². The maximum absolute atomic E-state index is 13.2. The Morgan fingerprint density at radius 2 is 1.97 bits per heavy atom. The topological polar surface area (TPSA) is 142 Å². The minimum Gasteiger partial charge on any atom is -0.490 e. The number of anilines is 1. The summed E-state index contributed by atoms with van der Waals surface area (Å²) in [5, 5.41) is 3.83. The number of fused-ring (bicyclic) bond motifs is 2. The predicted octanol–water partition coefficient (Wildman–Crippen LogP) is 4.15. The summed E-state index contributed by atoms with van der Waals surface area (Å²) >= 11 is 0. The van der Waals surface area contributed by atoms with Crippen LogP contribution in [-0.2, 0) is 0 Å². The Labute approximate surface area is 193 Å². The molecule has 0 atom stereocenters. The summed E-state index contributed by atoms with van der Waals surface area (Å²) in [6.07, 6.45) is 0. The van der Waals surface area contributed by atoms with Gasteiger partial charge in [0.05, 0.1) is 27.9 Å². The molecular formula is C23H27N5O4S. The molecule has 1 aliphatic rings. The molecule has 0 bridgehead atoms. The van der Waals surface area contributed by atoms with Crippen molar-refractivity contribution in [2.75, 3.05) is 11.3 Å². The molecule has 0 fully saturated rings. The summed E-state index contributed by atoms with van der Waals surface area (Å²) in [6, 6.07) is 12.7. The zero-order valence-electron chi connectivity index (χ0n) is 18.8. The van der Waals surface area contributed by atoms with Crippen molar-refractivity contribution in [1.29, 1.82) is 0 Å². The van der Waals surface area contributed by atoms with E-state index in [1.165, 1.54) is 0 Å². The number of nitrogens with zero attached hydrogens (tertiary/aromatic N) is 2. The maximum Gasteiger partial charge on any atom is 0.252 e. The van der Waals surface area contributed by atoms with Crippen LogP contribution in [-0.4, -0.2) is 38.0 Å². The Bertz CT molecular complexity index is 1290. The highest BCUT2D eigenvalue weighted by molar-refractivity contribution is 8.24. The van der Waals surface area contributed by atoms with Crippen molar-refractivity contribution in [3.63, 3.8) is 0 Å². The molecule has 10 heteroatoms. The van der Waals surface area contributed by atoms with Gasteiger partial charge in [0, 0.05) is 11.1 Å². The van der Waals surface area contributed by atoms with E-state index in [9.17, 15) is 13.9 Å². The van der Waals surface area contributed by atoms with Gasteiger partial charge in [0.15, 0.2) is 5.84 Å². The van der Waals surface area contributed by atoms with E-state index in [1.807, 2.05) is 45.9 Å². The van der Waals surface area contributed by atoms with Gasteiger partial charge in [-0.05, 0) is 69.0 Å². The highest BCUT2D eigenvalue weighted by Crippen LogP contribution is 2.46. The number of aryl methyl sites for hydroxylation is 2. The largest absolute Gasteiger partial charge is 0.490 e. The number of carbonyl (C=O) groups is 1. The van der Waals surface area contributed by atoms with E-state index in [0.717, 1.165) is 22.2 Å². The van der Waals surface area contributed by atoms with Gasteiger partial charge in [-0.3, -0.25) is 23.6 Å². The van der Waals surface area contributed by atoms with E-state index in [-0.39, 0.29) is 18.3 Å². The number of nitrogens with one attached hydrogen (secondary N) is 2. The molecule has 0 spiro atoms. The van der Waals surface area contributed by atoms with Gasteiger partial charge in [0.25, 0.3) is 5.91 Å². The van der Waals surface area contributed by atoms with Crippen LogP contribution in [0.2, 0.25) is 0 Å². The highest BCUT2D eigenvalue weighted by Gasteiger charge is 2.28. The van der Waals surface area contributed by atoms with Gasteiger partial charge >= 0.3 is 0 Å². The number of carbonyl (C=O) groups excluding carboxylic acids is 1. The zero-order valence-corrected chi connectivity index (χ0v) is 19.7. The van der Waals surface area contributed by atoms with Gasteiger partial charge in [-0.2, -0.15) is 0 Å². The average molecular weight is 470 g/mol. The lowest BCUT2D eigenvalue weighted by molar-refractivity contribution is 0.0882.